The molecular weight excluding hydrogens is 296 g/mol. The first kappa shape index (κ1) is 17.2. The molecule has 1 N–H and O–H groups in total. The summed E-state index contributed by atoms with van der Waals surface area (Å²) in [6.07, 6.45) is 5.20. The molecule has 1 heterocycles. The highest BCUT2D eigenvalue weighted by atomic mass is 16.6. The van der Waals surface area contributed by atoms with Crippen LogP contribution in [0.2, 0.25) is 0 Å². The SMILES string of the molecule is CC(C)(C)OC(=O)N[C@H](Cc1cccnc1)C(=O)OCC1CC1. The lowest BCUT2D eigenvalue weighted by Crippen LogP contribution is -2.45. The van der Waals surface area contributed by atoms with Crippen LogP contribution in [0.15, 0.2) is 24.5 Å². The third-order valence-corrected chi connectivity index (χ3v) is 3.30. The lowest BCUT2D eigenvalue weighted by molar-refractivity contribution is -0.146. The first-order chi connectivity index (χ1) is 10.8. The Morgan fingerprint density at radius 3 is 2.70 bits per heavy atom. The second-order valence-corrected chi connectivity index (χ2v) is 6.84. The zero-order valence-electron chi connectivity index (χ0n) is 13.9. The highest BCUT2D eigenvalue weighted by molar-refractivity contribution is 5.81. The zero-order valence-corrected chi connectivity index (χ0v) is 13.9. The van der Waals surface area contributed by atoms with Gasteiger partial charge >= 0.3 is 12.1 Å². The number of nitrogens with one attached hydrogen (secondary N) is 1. The fraction of sp³-hybridized carbons (Fsp3) is 0.588. The number of rotatable bonds is 6. The molecule has 0 radical (unpaired) electrons. The normalized spacial score (nSPS) is 15.6. The molecule has 126 valence electrons. The summed E-state index contributed by atoms with van der Waals surface area (Å²) < 4.78 is 10.5. The third-order valence-electron chi connectivity index (χ3n) is 3.30. The van der Waals surface area contributed by atoms with E-state index in [1.54, 1.807) is 39.2 Å². The summed E-state index contributed by atoms with van der Waals surface area (Å²) in [7, 11) is 0. The topological polar surface area (TPSA) is 77.5 Å². The fourth-order valence-electron chi connectivity index (χ4n) is 1.98. The van der Waals surface area contributed by atoms with E-state index in [1.807, 2.05) is 6.07 Å². The maximum absolute atomic E-state index is 12.3. The van der Waals surface area contributed by atoms with Gasteiger partial charge in [-0.3, -0.25) is 4.98 Å². The van der Waals surface area contributed by atoms with Crippen LogP contribution in [-0.4, -0.2) is 35.3 Å². The van der Waals surface area contributed by atoms with Gasteiger partial charge in [-0.1, -0.05) is 6.07 Å². The molecule has 1 fully saturated rings. The Hall–Kier alpha value is -2.11. The molecule has 1 saturated carbocycles. The maximum atomic E-state index is 12.3. The molecule has 1 aliphatic carbocycles. The van der Waals surface area contributed by atoms with Crippen LogP contribution in [0.5, 0.6) is 0 Å². The van der Waals surface area contributed by atoms with Crippen molar-refractivity contribution in [1.29, 1.82) is 0 Å². The Morgan fingerprint density at radius 1 is 1.39 bits per heavy atom. The quantitative estimate of drug-likeness (QED) is 0.815. The number of esters is 1. The number of nitrogens with zero attached hydrogens (tertiary/aromatic N) is 1. The van der Waals surface area contributed by atoms with Crippen molar-refractivity contribution in [2.24, 2.45) is 5.92 Å². The molecule has 0 aromatic carbocycles. The maximum Gasteiger partial charge on any atom is 0.408 e. The number of carbonyl (C=O) groups is 2. The van der Waals surface area contributed by atoms with Crippen LogP contribution < -0.4 is 5.32 Å². The summed E-state index contributed by atoms with van der Waals surface area (Å²) in [5.41, 5.74) is 0.220. The number of ether oxygens (including phenoxy) is 2. The molecule has 0 saturated heterocycles. The highest BCUT2D eigenvalue weighted by Crippen LogP contribution is 2.28. The average molecular weight is 320 g/mol. The summed E-state index contributed by atoms with van der Waals surface area (Å²) in [5, 5.41) is 2.60. The van der Waals surface area contributed by atoms with Crippen LogP contribution in [0.3, 0.4) is 0 Å². The summed E-state index contributed by atoms with van der Waals surface area (Å²) in [4.78, 5) is 28.2. The van der Waals surface area contributed by atoms with Crippen molar-refractivity contribution in [3.05, 3.63) is 30.1 Å². The van der Waals surface area contributed by atoms with Crippen molar-refractivity contribution >= 4 is 12.1 Å². The van der Waals surface area contributed by atoms with Gasteiger partial charge in [-0.25, -0.2) is 9.59 Å². The molecule has 23 heavy (non-hydrogen) atoms. The monoisotopic (exact) mass is 320 g/mol. The Morgan fingerprint density at radius 2 is 2.13 bits per heavy atom. The standard InChI is InChI=1S/C17H24N2O4/c1-17(2,3)23-16(21)19-14(9-13-5-4-8-18-10-13)15(20)22-11-12-6-7-12/h4-5,8,10,12,14H,6-7,9,11H2,1-3H3,(H,19,21)/t14-/m1/s1. The molecule has 1 aromatic heterocycles. The number of pyridine rings is 1. The lowest BCUT2D eigenvalue weighted by Gasteiger charge is -2.23. The van der Waals surface area contributed by atoms with Gasteiger partial charge < -0.3 is 14.8 Å². The first-order valence-electron chi connectivity index (χ1n) is 7.88. The Bertz CT molecular complexity index is 535. The van der Waals surface area contributed by atoms with Crippen molar-refractivity contribution in [2.75, 3.05) is 6.61 Å². The van der Waals surface area contributed by atoms with E-state index in [-0.39, 0.29) is 0 Å². The van der Waals surface area contributed by atoms with E-state index < -0.39 is 23.7 Å². The van der Waals surface area contributed by atoms with Gasteiger partial charge in [0.25, 0.3) is 0 Å². The van der Waals surface area contributed by atoms with Gasteiger partial charge in [0.1, 0.15) is 11.6 Å². The second-order valence-electron chi connectivity index (χ2n) is 6.84. The second kappa shape index (κ2) is 7.44. The summed E-state index contributed by atoms with van der Waals surface area (Å²) in [5.74, 6) is 0.0335. The molecule has 6 nitrogen and oxygen atoms in total. The van der Waals surface area contributed by atoms with Crippen molar-refractivity contribution < 1.29 is 19.1 Å². The Labute approximate surface area is 136 Å². The highest BCUT2D eigenvalue weighted by Gasteiger charge is 2.28. The van der Waals surface area contributed by atoms with Crippen molar-refractivity contribution in [1.82, 2.24) is 10.3 Å². The minimum atomic E-state index is -0.784. The number of hydrogen-bond acceptors (Lipinski definition) is 5. The number of hydrogen-bond donors (Lipinski definition) is 1. The Balaban J connectivity index is 1.97. The van der Waals surface area contributed by atoms with Crippen LogP contribution in [0, 0.1) is 5.92 Å². The van der Waals surface area contributed by atoms with Crippen LogP contribution in [0.25, 0.3) is 0 Å². The molecule has 1 atom stereocenters. The molecule has 1 aromatic rings. The van der Waals surface area contributed by atoms with E-state index in [0.717, 1.165) is 18.4 Å². The molecule has 2 rings (SSSR count). The number of carbonyl (C=O) groups excluding carboxylic acids is 2. The molecule has 1 aliphatic rings. The van der Waals surface area contributed by atoms with Crippen molar-refractivity contribution in [3.63, 3.8) is 0 Å². The number of aromatic nitrogens is 1. The van der Waals surface area contributed by atoms with Gasteiger partial charge in [-0.05, 0) is 51.2 Å². The van der Waals surface area contributed by atoms with Gasteiger partial charge in [-0.2, -0.15) is 0 Å². The van der Waals surface area contributed by atoms with Crippen LogP contribution in [0.4, 0.5) is 4.79 Å². The zero-order chi connectivity index (χ0) is 16.9. The molecule has 0 spiro atoms. The molecule has 1 amide bonds. The summed E-state index contributed by atoms with van der Waals surface area (Å²) in [6.45, 7) is 5.73. The van der Waals surface area contributed by atoms with Crippen molar-refractivity contribution in [3.8, 4) is 0 Å². The van der Waals surface area contributed by atoms with Gasteiger partial charge in [0, 0.05) is 18.8 Å². The number of alkyl carbamates (subject to hydrolysis) is 1. The third kappa shape index (κ3) is 6.67. The summed E-state index contributed by atoms with van der Waals surface area (Å²) >= 11 is 0. The van der Waals surface area contributed by atoms with E-state index in [9.17, 15) is 9.59 Å². The molecular formula is C17H24N2O4. The molecule has 0 unspecified atom stereocenters. The minimum Gasteiger partial charge on any atom is -0.464 e. The first-order valence-corrected chi connectivity index (χ1v) is 7.88. The van der Waals surface area contributed by atoms with Crippen LogP contribution >= 0.6 is 0 Å². The molecule has 0 aliphatic heterocycles. The predicted molar refractivity (Wildman–Crippen MR) is 84.8 cm³/mol. The summed E-state index contributed by atoms with van der Waals surface area (Å²) in [6, 6.07) is 2.85. The molecule has 0 bridgehead atoms. The predicted octanol–water partition coefficient (Wildman–Crippen LogP) is 2.47. The van der Waals surface area contributed by atoms with Gasteiger partial charge in [0.05, 0.1) is 6.61 Å². The van der Waals surface area contributed by atoms with Crippen LogP contribution in [0.1, 0.15) is 39.2 Å². The largest absolute Gasteiger partial charge is 0.464 e. The van der Waals surface area contributed by atoms with E-state index in [2.05, 4.69) is 10.3 Å². The average Bonchev–Trinajstić information content (AvgIpc) is 3.27. The van der Waals surface area contributed by atoms with E-state index >= 15 is 0 Å². The van der Waals surface area contributed by atoms with E-state index in [0.29, 0.717) is 18.9 Å². The fourth-order valence-corrected chi connectivity index (χ4v) is 1.98. The van der Waals surface area contributed by atoms with E-state index in [1.165, 1.54) is 0 Å². The Kier molecular flexibility index (Phi) is 5.58. The number of amides is 1. The van der Waals surface area contributed by atoms with Crippen molar-refractivity contribution in [2.45, 2.75) is 51.7 Å². The van der Waals surface area contributed by atoms with Gasteiger partial charge in [-0.15, -0.1) is 0 Å². The lowest BCUT2D eigenvalue weighted by atomic mass is 10.1. The van der Waals surface area contributed by atoms with Crippen LogP contribution in [-0.2, 0) is 20.7 Å². The minimum absolute atomic E-state index is 0.316. The van der Waals surface area contributed by atoms with E-state index in [4.69, 9.17) is 9.47 Å². The van der Waals surface area contributed by atoms with Gasteiger partial charge in [0.15, 0.2) is 0 Å². The molecule has 6 heteroatoms. The van der Waals surface area contributed by atoms with Gasteiger partial charge in [0.2, 0.25) is 0 Å². The smallest absolute Gasteiger partial charge is 0.408 e.